The lowest BCUT2D eigenvalue weighted by Gasteiger charge is -2.20. The smallest absolute Gasteiger partial charge is 0.0822 e. The highest BCUT2D eigenvalue weighted by Gasteiger charge is 2.36. The highest BCUT2D eigenvalue weighted by molar-refractivity contribution is 6.33. The number of nitrogens with zero attached hydrogens (tertiary/aromatic N) is 2. The zero-order chi connectivity index (χ0) is 10.3. The van der Waals surface area contributed by atoms with Gasteiger partial charge in [0.25, 0.3) is 0 Å². The van der Waals surface area contributed by atoms with Crippen molar-refractivity contribution >= 4 is 17.3 Å². The van der Waals surface area contributed by atoms with Gasteiger partial charge in [0.15, 0.2) is 0 Å². The standard InChI is InChI=1S/C11H14ClN3/c12-10-5-13-2-1-11(10)15-6-8-3-14-4-9(8)7-15/h1-2,5,8-9,14H,3-4,6-7H2. The molecule has 2 fully saturated rings. The van der Waals surface area contributed by atoms with E-state index in [1.54, 1.807) is 6.20 Å². The maximum Gasteiger partial charge on any atom is 0.0822 e. The number of anilines is 1. The van der Waals surface area contributed by atoms with E-state index in [1.165, 1.54) is 0 Å². The Hall–Kier alpha value is -0.800. The van der Waals surface area contributed by atoms with Crippen LogP contribution in [0.5, 0.6) is 0 Å². The van der Waals surface area contributed by atoms with E-state index in [4.69, 9.17) is 11.6 Å². The van der Waals surface area contributed by atoms with Crippen molar-refractivity contribution in [1.82, 2.24) is 10.3 Å². The third-order valence-corrected chi connectivity index (χ3v) is 3.77. The molecule has 15 heavy (non-hydrogen) atoms. The zero-order valence-corrected chi connectivity index (χ0v) is 9.24. The first kappa shape index (κ1) is 9.43. The van der Waals surface area contributed by atoms with Gasteiger partial charge in [0, 0.05) is 38.6 Å². The molecule has 0 aromatic carbocycles. The first-order valence-corrected chi connectivity index (χ1v) is 5.77. The van der Waals surface area contributed by atoms with Gasteiger partial charge in [-0.05, 0) is 17.9 Å². The molecule has 4 heteroatoms. The Morgan fingerprint density at radius 2 is 2.07 bits per heavy atom. The summed E-state index contributed by atoms with van der Waals surface area (Å²) in [5.41, 5.74) is 1.14. The van der Waals surface area contributed by atoms with Crippen molar-refractivity contribution in [2.45, 2.75) is 0 Å². The lowest BCUT2D eigenvalue weighted by molar-refractivity contribution is 0.533. The third kappa shape index (κ3) is 1.60. The van der Waals surface area contributed by atoms with Crippen LogP contribution in [0.4, 0.5) is 5.69 Å². The van der Waals surface area contributed by atoms with E-state index >= 15 is 0 Å². The molecular formula is C11H14ClN3. The lowest BCUT2D eigenvalue weighted by atomic mass is 10.0. The summed E-state index contributed by atoms with van der Waals surface area (Å²) in [5.74, 6) is 1.60. The van der Waals surface area contributed by atoms with Gasteiger partial charge >= 0.3 is 0 Å². The average molecular weight is 224 g/mol. The Bertz CT molecular complexity index is 357. The second kappa shape index (κ2) is 3.65. The van der Waals surface area contributed by atoms with Gasteiger partial charge in [0.2, 0.25) is 0 Å². The van der Waals surface area contributed by atoms with Crippen molar-refractivity contribution in [3.8, 4) is 0 Å². The Morgan fingerprint density at radius 1 is 1.33 bits per heavy atom. The van der Waals surface area contributed by atoms with E-state index in [1.807, 2.05) is 12.3 Å². The van der Waals surface area contributed by atoms with Gasteiger partial charge in [-0.15, -0.1) is 0 Å². The van der Waals surface area contributed by atoms with Crippen LogP contribution >= 0.6 is 11.6 Å². The molecule has 0 spiro atoms. The van der Waals surface area contributed by atoms with E-state index in [-0.39, 0.29) is 0 Å². The first-order valence-electron chi connectivity index (χ1n) is 5.40. The predicted molar refractivity (Wildman–Crippen MR) is 61.3 cm³/mol. The monoisotopic (exact) mass is 223 g/mol. The summed E-state index contributed by atoms with van der Waals surface area (Å²) in [6, 6.07) is 2.01. The van der Waals surface area contributed by atoms with Crippen LogP contribution < -0.4 is 10.2 Å². The Morgan fingerprint density at radius 3 is 2.73 bits per heavy atom. The summed E-state index contributed by atoms with van der Waals surface area (Å²) in [4.78, 5) is 6.41. The second-order valence-corrected chi connectivity index (χ2v) is 4.82. The molecule has 2 unspecified atom stereocenters. The Balaban J connectivity index is 1.82. The minimum Gasteiger partial charge on any atom is -0.370 e. The minimum absolute atomic E-state index is 0.769. The van der Waals surface area contributed by atoms with E-state index in [0.29, 0.717) is 0 Å². The SMILES string of the molecule is Clc1cnccc1N1CC2CNCC2C1. The molecule has 2 atom stereocenters. The fourth-order valence-electron chi connectivity index (χ4n) is 2.68. The Labute approximate surface area is 94.4 Å². The number of aromatic nitrogens is 1. The largest absolute Gasteiger partial charge is 0.370 e. The molecule has 0 amide bonds. The number of halogens is 1. The predicted octanol–water partition coefficient (Wildman–Crippen LogP) is 1.39. The van der Waals surface area contributed by atoms with Gasteiger partial charge in [0.1, 0.15) is 0 Å². The highest BCUT2D eigenvalue weighted by atomic mass is 35.5. The molecule has 1 N–H and O–H groups in total. The summed E-state index contributed by atoms with van der Waals surface area (Å²) in [6.45, 7) is 4.57. The molecule has 0 saturated carbocycles. The highest BCUT2D eigenvalue weighted by Crippen LogP contribution is 2.33. The van der Waals surface area contributed by atoms with Crippen molar-refractivity contribution < 1.29 is 0 Å². The van der Waals surface area contributed by atoms with Crippen molar-refractivity contribution in [2.24, 2.45) is 11.8 Å². The van der Waals surface area contributed by atoms with Gasteiger partial charge < -0.3 is 10.2 Å². The van der Waals surface area contributed by atoms with Crippen LogP contribution in [0.25, 0.3) is 0 Å². The Kier molecular flexibility index (Phi) is 2.29. The molecule has 3 nitrogen and oxygen atoms in total. The molecule has 0 bridgehead atoms. The van der Waals surface area contributed by atoms with Gasteiger partial charge in [-0.1, -0.05) is 11.6 Å². The third-order valence-electron chi connectivity index (χ3n) is 3.48. The molecule has 1 aromatic heterocycles. The van der Waals surface area contributed by atoms with Crippen molar-refractivity contribution in [2.75, 3.05) is 31.1 Å². The maximum absolute atomic E-state index is 6.14. The van der Waals surface area contributed by atoms with Gasteiger partial charge in [0.05, 0.1) is 10.7 Å². The van der Waals surface area contributed by atoms with Gasteiger partial charge in [-0.3, -0.25) is 4.98 Å². The van der Waals surface area contributed by atoms with Crippen LogP contribution in [0, 0.1) is 11.8 Å². The zero-order valence-electron chi connectivity index (χ0n) is 8.49. The molecule has 3 heterocycles. The van der Waals surface area contributed by atoms with Crippen LogP contribution in [0.2, 0.25) is 5.02 Å². The molecule has 2 aliphatic rings. The van der Waals surface area contributed by atoms with E-state index in [9.17, 15) is 0 Å². The summed E-state index contributed by atoms with van der Waals surface area (Å²) in [7, 11) is 0. The van der Waals surface area contributed by atoms with E-state index < -0.39 is 0 Å². The minimum atomic E-state index is 0.769. The average Bonchev–Trinajstić information content (AvgIpc) is 2.77. The topological polar surface area (TPSA) is 28.2 Å². The number of hydrogen-bond acceptors (Lipinski definition) is 3. The normalized spacial score (nSPS) is 29.5. The molecule has 2 aliphatic heterocycles. The maximum atomic E-state index is 6.14. The number of pyridine rings is 1. The van der Waals surface area contributed by atoms with Crippen LogP contribution in [-0.2, 0) is 0 Å². The molecule has 0 radical (unpaired) electrons. The molecular weight excluding hydrogens is 210 g/mol. The number of fused-ring (bicyclic) bond motifs is 1. The lowest BCUT2D eigenvalue weighted by Crippen LogP contribution is -2.25. The molecule has 0 aliphatic carbocycles. The van der Waals surface area contributed by atoms with Crippen LogP contribution in [0.1, 0.15) is 0 Å². The fraction of sp³-hybridized carbons (Fsp3) is 0.545. The molecule has 3 rings (SSSR count). The van der Waals surface area contributed by atoms with Crippen molar-refractivity contribution in [3.63, 3.8) is 0 Å². The van der Waals surface area contributed by atoms with E-state index in [2.05, 4.69) is 15.2 Å². The summed E-state index contributed by atoms with van der Waals surface area (Å²) >= 11 is 6.14. The summed E-state index contributed by atoms with van der Waals surface area (Å²) in [6.07, 6.45) is 3.54. The van der Waals surface area contributed by atoms with Crippen molar-refractivity contribution in [3.05, 3.63) is 23.5 Å². The number of hydrogen-bond donors (Lipinski definition) is 1. The first-order chi connectivity index (χ1) is 7.34. The van der Waals surface area contributed by atoms with Gasteiger partial charge in [-0.2, -0.15) is 0 Å². The fourth-order valence-corrected chi connectivity index (χ4v) is 2.92. The van der Waals surface area contributed by atoms with Crippen molar-refractivity contribution in [1.29, 1.82) is 0 Å². The molecule has 2 saturated heterocycles. The van der Waals surface area contributed by atoms with Crippen LogP contribution in [0.3, 0.4) is 0 Å². The molecule has 80 valence electrons. The van der Waals surface area contributed by atoms with Crippen LogP contribution in [-0.4, -0.2) is 31.2 Å². The summed E-state index contributed by atoms with van der Waals surface area (Å²) < 4.78 is 0. The number of nitrogens with one attached hydrogen (secondary N) is 1. The quantitative estimate of drug-likeness (QED) is 0.780. The number of rotatable bonds is 1. The van der Waals surface area contributed by atoms with E-state index in [0.717, 1.165) is 48.7 Å². The summed E-state index contributed by atoms with van der Waals surface area (Å²) in [5, 5.41) is 4.21. The molecule has 1 aromatic rings. The van der Waals surface area contributed by atoms with Crippen LogP contribution in [0.15, 0.2) is 18.5 Å². The second-order valence-electron chi connectivity index (χ2n) is 4.41. The van der Waals surface area contributed by atoms with Gasteiger partial charge in [-0.25, -0.2) is 0 Å².